The highest BCUT2D eigenvalue weighted by Gasteiger charge is 2.40. The van der Waals surface area contributed by atoms with Crippen molar-refractivity contribution in [2.75, 3.05) is 26.7 Å². The molecule has 1 N–H and O–H groups in total. The molecule has 3 heterocycles. The van der Waals surface area contributed by atoms with Crippen molar-refractivity contribution in [2.45, 2.75) is 50.8 Å². The lowest BCUT2D eigenvalue weighted by atomic mass is 9.87. The molecule has 5 unspecified atom stereocenters. The van der Waals surface area contributed by atoms with Crippen LogP contribution in [0.1, 0.15) is 32.6 Å². The standard InChI is InChI=1S/C14H26N2O/c1-10-5-6-16(9-14(10)17-2)8-11-7-12-3-4-13(11)15-12/h10-15H,3-9H2,1-2H3. The smallest absolute Gasteiger partial charge is 0.0724 e. The van der Waals surface area contributed by atoms with Crippen molar-refractivity contribution in [3.8, 4) is 0 Å². The van der Waals surface area contributed by atoms with Gasteiger partial charge in [0.1, 0.15) is 0 Å². The minimum absolute atomic E-state index is 0.454. The summed E-state index contributed by atoms with van der Waals surface area (Å²) in [5.41, 5.74) is 0. The van der Waals surface area contributed by atoms with Crippen molar-refractivity contribution in [2.24, 2.45) is 11.8 Å². The SMILES string of the molecule is COC1CN(CC2CC3CCC2N3)CCC1C. The van der Waals surface area contributed by atoms with Crippen LogP contribution in [-0.2, 0) is 4.74 Å². The second-order valence-corrected chi connectivity index (χ2v) is 6.34. The van der Waals surface area contributed by atoms with Gasteiger partial charge in [-0.15, -0.1) is 0 Å². The average molecular weight is 238 g/mol. The van der Waals surface area contributed by atoms with Gasteiger partial charge in [-0.25, -0.2) is 0 Å². The molecule has 17 heavy (non-hydrogen) atoms. The first-order valence-electron chi connectivity index (χ1n) is 7.27. The van der Waals surface area contributed by atoms with Gasteiger partial charge in [-0.05, 0) is 44.1 Å². The lowest BCUT2D eigenvalue weighted by Gasteiger charge is -2.38. The summed E-state index contributed by atoms with van der Waals surface area (Å²) in [6.07, 6.45) is 5.99. The summed E-state index contributed by atoms with van der Waals surface area (Å²) in [4.78, 5) is 2.64. The second-order valence-electron chi connectivity index (χ2n) is 6.34. The number of likely N-dealkylation sites (tertiary alicyclic amines) is 1. The molecule has 0 aliphatic carbocycles. The molecule has 5 atom stereocenters. The largest absolute Gasteiger partial charge is 0.380 e. The minimum atomic E-state index is 0.454. The van der Waals surface area contributed by atoms with Crippen LogP contribution in [0.15, 0.2) is 0 Å². The van der Waals surface area contributed by atoms with Crippen molar-refractivity contribution in [1.29, 1.82) is 0 Å². The maximum atomic E-state index is 5.60. The van der Waals surface area contributed by atoms with E-state index in [1.807, 2.05) is 7.11 Å². The van der Waals surface area contributed by atoms with Gasteiger partial charge in [-0.1, -0.05) is 6.92 Å². The fourth-order valence-electron chi connectivity index (χ4n) is 4.04. The molecule has 3 nitrogen and oxygen atoms in total. The van der Waals surface area contributed by atoms with E-state index in [0.29, 0.717) is 6.10 Å². The number of piperidine rings is 1. The lowest BCUT2D eigenvalue weighted by molar-refractivity contribution is -0.0102. The molecule has 3 saturated heterocycles. The van der Waals surface area contributed by atoms with E-state index in [9.17, 15) is 0 Å². The fraction of sp³-hybridized carbons (Fsp3) is 1.00. The third-order valence-electron chi connectivity index (χ3n) is 5.20. The van der Waals surface area contributed by atoms with Crippen LogP contribution in [0.5, 0.6) is 0 Å². The van der Waals surface area contributed by atoms with Gasteiger partial charge in [-0.2, -0.15) is 0 Å². The molecule has 3 rings (SSSR count). The van der Waals surface area contributed by atoms with E-state index in [-0.39, 0.29) is 0 Å². The third kappa shape index (κ3) is 2.38. The molecule has 0 aromatic rings. The van der Waals surface area contributed by atoms with Crippen LogP contribution in [0.2, 0.25) is 0 Å². The maximum Gasteiger partial charge on any atom is 0.0724 e. The quantitative estimate of drug-likeness (QED) is 0.806. The Labute approximate surface area is 105 Å². The van der Waals surface area contributed by atoms with Crippen LogP contribution in [-0.4, -0.2) is 49.8 Å². The number of methoxy groups -OCH3 is 1. The first-order valence-corrected chi connectivity index (χ1v) is 7.27. The van der Waals surface area contributed by atoms with Crippen LogP contribution in [0.4, 0.5) is 0 Å². The Morgan fingerprint density at radius 2 is 2.18 bits per heavy atom. The molecule has 98 valence electrons. The summed E-state index contributed by atoms with van der Waals surface area (Å²) in [7, 11) is 1.86. The number of ether oxygens (including phenoxy) is 1. The van der Waals surface area contributed by atoms with Crippen molar-refractivity contribution >= 4 is 0 Å². The normalized spacial score (nSPS) is 46.6. The van der Waals surface area contributed by atoms with Crippen molar-refractivity contribution in [3.05, 3.63) is 0 Å². The van der Waals surface area contributed by atoms with Gasteiger partial charge in [0.2, 0.25) is 0 Å². The first-order chi connectivity index (χ1) is 8.26. The van der Waals surface area contributed by atoms with Gasteiger partial charge in [0, 0.05) is 32.3 Å². The molecule has 0 amide bonds. The number of nitrogens with zero attached hydrogens (tertiary/aromatic N) is 1. The Balaban J connectivity index is 1.52. The van der Waals surface area contributed by atoms with E-state index in [1.54, 1.807) is 0 Å². The number of hydrogen-bond acceptors (Lipinski definition) is 3. The molecule has 0 aromatic heterocycles. The van der Waals surface area contributed by atoms with E-state index < -0.39 is 0 Å². The van der Waals surface area contributed by atoms with Crippen molar-refractivity contribution in [3.63, 3.8) is 0 Å². The summed E-state index contributed by atoms with van der Waals surface area (Å²) in [5.74, 6) is 1.63. The van der Waals surface area contributed by atoms with E-state index in [0.717, 1.165) is 30.5 Å². The topological polar surface area (TPSA) is 24.5 Å². The van der Waals surface area contributed by atoms with Crippen molar-refractivity contribution < 1.29 is 4.74 Å². The van der Waals surface area contributed by atoms with Crippen LogP contribution in [0.3, 0.4) is 0 Å². The highest BCUT2D eigenvalue weighted by Crippen LogP contribution is 2.34. The molecule has 0 aromatic carbocycles. The molecular formula is C14H26N2O. The molecule has 0 saturated carbocycles. The Kier molecular flexibility index (Phi) is 3.42. The van der Waals surface area contributed by atoms with E-state index in [1.165, 1.54) is 38.8 Å². The molecule has 3 aliphatic rings. The predicted octanol–water partition coefficient (Wildman–Crippen LogP) is 1.48. The van der Waals surface area contributed by atoms with E-state index in [4.69, 9.17) is 4.74 Å². The third-order valence-corrected chi connectivity index (χ3v) is 5.20. The Hall–Kier alpha value is -0.120. The Morgan fingerprint density at radius 1 is 1.29 bits per heavy atom. The Morgan fingerprint density at radius 3 is 2.82 bits per heavy atom. The molecule has 3 heteroatoms. The van der Waals surface area contributed by atoms with Gasteiger partial charge in [0.05, 0.1) is 6.10 Å². The highest BCUT2D eigenvalue weighted by molar-refractivity contribution is 4.98. The number of rotatable bonds is 3. The zero-order chi connectivity index (χ0) is 11.8. The molecule has 3 fully saturated rings. The van der Waals surface area contributed by atoms with E-state index in [2.05, 4.69) is 17.1 Å². The predicted molar refractivity (Wildman–Crippen MR) is 69.1 cm³/mol. The number of fused-ring (bicyclic) bond motifs is 2. The Bertz CT molecular complexity index is 271. The maximum absolute atomic E-state index is 5.60. The lowest BCUT2D eigenvalue weighted by Crippen LogP contribution is -2.46. The van der Waals surface area contributed by atoms with Crippen LogP contribution in [0.25, 0.3) is 0 Å². The minimum Gasteiger partial charge on any atom is -0.380 e. The zero-order valence-electron chi connectivity index (χ0n) is 11.2. The summed E-state index contributed by atoms with van der Waals surface area (Å²) < 4.78 is 5.60. The van der Waals surface area contributed by atoms with Crippen LogP contribution >= 0.6 is 0 Å². The average Bonchev–Trinajstić information content (AvgIpc) is 2.93. The van der Waals surface area contributed by atoms with Gasteiger partial charge >= 0.3 is 0 Å². The summed E-state index contributed by atoms with van der Waals surface area (Å²) >= 11 is 0. The van der Waals surface area contributed by atoms with Gasteiger partial charge in [0.15, 0.2) is 0 Å². The van der Waals surface area contributed by atoms with Gasteiger partial charge < -0.3 is 15.0 Å². The number of nitrogens with one attached hydrogen (secondary N) is 1. The highest BCUT2D eigenvalue weighted by atomic mass is 16.5. The first kappa shape index (κ1) is 11.9. The van der Waals surface area contributed by atoms with Gasteiger partial charge in [0.25, 0.3) is 0 Å². The number of hydrogen-bond donors (Lipinski definition) is 1. The molecular weight excluding hydrogens is 212 g/mol. The molecule has 0 spiro atoms. The van der Waals surface area contributed by atoms with Crippen LogP contribution < -0.4 is 5.32 Å². The fourth-order valence-corrected chi connectivity index (χ4v) is 4.04. The summed E-state index contributed by atoms with van der Waals surface area (Å²) in [6.45, 7) is 6.03. The molecule has 3 aliphatic heterocycles. The molecule has 0 radical (unpaired) electrons. The summed E-state index contributed by atoms with van der Waals surface area (Å²) in [5, 5.41) is 3.74. The van der Waals surface area contributed by atoms with Crippen molar-refractivity contribution in [1.82, 2.24) is 10.2 Å². The monoisotopic (exact) mass is 238 g/mol. The van der Waals surface area contributed by atoms with E-state index >= 15 is 0 Å². The zero-order valence-corrected chi connectivity index (χ0v) is 11.2. The van der Waals surface area contributed by atoms with Crippen LogP contribution in [0, 0.1) is 11.8 Å². The van der Waals surface area contributed by atoms with Gasteiger partial charge in [-0.3, -0.25) is 0 Å². The summed E-state index contributed by atoms with van der Waals surface area (Å²) in [6, 6.07) is 1.66. The molecule has 2 bridgehead atoms. The second kappa shape index (κ2) is 4.87.